The van der Waals surface area contributed by atoms with Crippen molar-refractivity contribution in [2.24, 2.45) is 0 Å². The van der Waals surface area contributed by atoms with Crippen LogP contribution in [0, 0.1) is 0 Å². The molecule has 1 fully saturated rings. The van der Waals surface area contributed by atoms with Crippen LogP contribution < -0.4 is 0 Å². The first-order valence-electron chi connectivity index (χ1n) is 5.74. The molecule has 0 N–H and O–H groups in total. The molecule has 0 aromatic heterocycles. The molecule has 2 atom stereocenters. The molecule has 104 valence electrons. The van der Waals surface area contributed by atoms with Crippen LogP contribution in [-0.4, -0.2) is 57.1 Å². The van der Waals surface area contributed by atoms with Crippen molar-refractivity contribution < 1.29 is 13.8 Å². The second-order valence-corrected chi connectivity index (χ2v) is 8.02. The first-order valence-corrected chi connectivity index (χ1v) is 8.82. The van der Waals surface area contributed by atoms with Crippen LogP contribution in [0.4, 0.5) is 0 Å². The quantitative estimate of drug-likeness (QED) is 0.702. The van der Waals surface area contributed by atoms with E-state index >= 15 is 0 Å². The van der Waals surface area contributed by atoms with Crippen LogP contribution in [-0.2, 0) is 25.6 Å². The Labute approximate surface area is 116 Å². The highest BCUT2D eigenvalue weighted by Gasteiger charge is 2.19. The molecule has 1 saturated heterocycles. The minimum absolute atomic E-state index is 0. The maximum Gasteiger partial charge on any atom is 0.185 e. The topological polar surface area (TPSA) is 30.9 Å². The van der Waals surface area contributed by atoms with E-state index in [0.29, 0.717) is 6.61 Å². The highest BCUT2D eigenvalue weighted by molar-refractivity contribution is 8.09. The van der Waals surface area contributed by atoms with Crippen molar-refractivity contribution in [1.82, 2.24) is 4.90 Å². The van der Waals surface area contributed by atoms with Crippen molar-refractivity contribution in [1.29, 1.82) is 0 Å². The molecular weight excluding hydrogens is 281 g/mol. The Morgan fingerprint density at radius 3 is 2.53 bits per heavy atom. The highest BCUT2D eigenvalue weighted by Crippen LogP contribution is 2.45. The molecule has 0 spiro atoms. The third-order valence-corrected chi connectivity index (χ3v) is 4.40. The average molecular weight is 304 g/mol. The Kier molecular flexibility index (Phi) is 9.21. The van der Waals surface area contributed by atoms with Gasteiger partial charge < -0.3 is 13.8 Å². The summed E-state index contributed by atoms with van der Waals surface area (Å²) in [4.78, 5) is 2.34. The number of rotatable bonds is 6. The van der Waals surface area contributed by atoms with E-state index in [-0.39, 0.29) is 18.5 Å². The summed E-state index contributed by atoms with van der Waals surface area (Å²) in [6, 6.07) is 0. The van der Waals surface area contributed by atoms with Crippen molar-refractivity contribution in [3.63, 3.8) is 0 Å². The summed E-state index contributed by atoms with van der Waals surface area (Å²) < 4.78 is 16.6. The van der Waals surface area contributed by atoms with E-state index < -0.39 is 6.49 Å². The van der Waals surface area contributed by atoms with Crippen LogP contribution in [0.1, 0.15) is 13.8 Å². The van der Waals surface area contributed by atoms with Crippen LogP contribution >= 0.6 is 18.9 Å². The van der Waals surface area contributed by atoms with Crippen molar-refractivity contribution in [3.05, 3.63) is 0 Å². The molecule has 0 radical (unpaired) electrons. The lowest BCUT2D eigenvalue weighted by Gasteiger charge is -2.30. The number of ether oxygens (including phenoxy) is 1. The fourth-order valence-electron chi connectivity index (χ4n) is 1.77. The lowest BCUT2D eigenvalue weighted by atomic mass is 10.3. The van der Waals surface area contributed by atoms with Gasteiger partial charge in [0.05, 0.1) is 25.9 Å². The summed E-state index contributed by atoms with van der Waals surface area (Å²) in [6.45, 7) is 8.98. The molecule has 0 bridgehead atoms. The van der Waals surface area contributed by atoms with E-state index in [1.165, 1.54) is 0 Å². The second-order valence-electron chi connectivity index (χ2n) is 4.02. The zero-order valence-electron chi connectivity index (χ0n) is 10.8. The first kappa shape index (κ1) is 17.8. The van der Waals surface area contributed by atoms with Gasteiger partial charge in [-0.25, -0.2) is 0 Å². The monoisotopic (exact) mass is 303 g/mol. The highest BCUT2D eigenvalue weighted by atomic mass is 35.5. The molecule has 1 aliphatic heterocycles. The minimum Gasteiger partial charge on any atom is -0.379 e. The third-order valence-electron chi connectivity index (χ3n) is 2.35. The minimum atomic E-state index is -2.04. The van der Waals surface area contributed by atoms with Gasteiger partial charge in [-0.3, -0.25) is 4.90 Å². The maximum absolute atomic E-state index is 5.80. The number of nitrogens with zero attached hydrogens (tertiary/aromatic N) is 1. The van der Waals surface area contributed by atoms with E-state index in [4.69, 9.17) is 25.6 Å². The Bertz CT molecular complexity index is 252. The molecule has 0 aromatic rings. The summed E-state index contributed by atoms with van der Waals surface area (Å²) in [6.07, 6.45) is 0.125. The Hall–Kier alpha value is 0.780. The van der Waals surface area contributed by atoms with Gasteiger partial charge in [0.1, 0.15) is 0 Å². The first-order chi connectivity index (χ1) is 7.53. The fraction of sp³-hybridized carbons (Fsp3) is 1.00. The van der Waals surface area contributed by atoms with Crippen LogP contribution in [0.25, 0.3) is 0 Å². The van der Waals surface area contributed by atoms with Crippen molar-refractivity contribution in [2.45, 2.75) is 20.0 Å². The van der Waals surface area contributed by atoms with Gasteiger partial charge in [-0.15, -0.1) is 12.4 Å². The van der Waals surface area contributed by atoms with Gasteiger partial charge >= 0.3 is 0 Å². The normalized spacial score (nSPS) is 22.5. The number of hydrogen-bond acceptors (Lipinski definition) is 5. The van der Waals surface area contributed by atoms with Gasteiger partial charge in [0.2, 0.25) is 0 Å². The lowest BCUT2D eigenvalue weighted by Crippen LogP contribution is -2.40. The Balaban J connectivity index is 0.00000256. The molecule has 2 unspecified atom stereocenters. The van der Waals surface area contributed by atoms with Gasteiger partial charge in [-0.2, -0.15) is 0 Å². The Morgan fingerprint density at radius 2 is 2.00 bits per heavy atom. The van der Waals surface area contributed by atoms with Crippen LogP contribution in [0.15, 0.2) is 0 Å². The molecule has 0 aliphatic carbocycles. The predicted molar refractivity (Wildman–Crippen MR) is 76.9 cm³/mol. The molecule has 0 amide bonds. The molecule has 7 heteroatoms. The number of hydrogen-bond donors (Lipinski definition) is 0. The SMILES string of the molecule is CCOP(C)(=S)OC(C)CN1CCOCC1.Cl. The molecular formula is C10H23ClNO3PS. The smallest absolute Gasteiger partial charge is 0.185 e. The lowest BCUT2D eigenvalue weighted by molar-refractivity contribution is 0.0215. The van der Waals surface area contributed by atoms with Gasteiger partial charge in [0.25, 0.3) is 0 Å². The summed E-state index contributed by atoms with van der Waals surface area (Å²) in [5.74, 6) is 0. The second kappa shape index (κ2) is 8.81. The molecule has 1 aliphatic rings. The van der Waals surface area contributed by atoms with Crippen LogP contribution in [0.5, 0.6) is 0 Å². The van der Waals surface area contributed by atoms with Crippen molar-refractivity contribution in [2.75, 3.05) is 46.1 Å². The van der Waals surface area contributed by atoms with E-state index in [2.05, 4.69) is 11.8 Å². The van der Waals surface area contributed by atoms with Crippen LogP contribution in [0.3, 0.4) is 0 Å². The van der Waals surface area contributed by atoms with Crippen LogP contribution in [0.2, 0.25) is 0 Å². The van der Waals surface area contributed by atoms with Gasteiger partial charge in [-0.05, 0) is 25.7 Å². The number of halogens is 1. The Morgan fingerprint density at radius 1 is 1.41 bits per heavy atom. The van der Waals surface area contributed by atoms with E-state index in [0.717, 1.165) is 32.8 Å². The van der Waals surface area contributed by atoms with E-state index in [9.17, 15) is 0 Å². The summed E-state index contributed by atoms with van der Waals surface area (Å²) in [5, 5.41) is 0. The molecule has 1 rings (SSSR count). The largest absolute Gasteiger partial charge is 0.379 e. The van der Waals surface area contributed by atoms with Gasteiger partial charge in [0.15, 0.2) is 6.49 Å². The molecule has 17 heavy (non-hydrogen) atoms. The van der Waals surface area contributed by atoms with E-state index in [1.54, 1.807) is 0 Å². The summed E-state index contributed by atoms with van der Waals surface area (Å²) in [7, 11) is 0. The standard InChI is InChI=1S/C10H22NO3PS.ClH/c1-4-13-15(3,16)14-10(2)9-11-5-7-12-8-6-11;/h10H,4-9H2,1-3H3;1H. The molecule has 1 heterocycles. The molecule has 0 aromatic carbocycles. The van der Waals surface area contributed by atoms with Gasteiger partial charge in [-0.1, -0.05) is 0 Å². The molecule has 0 saturated carbocycles. The van der Waals surface area contributed by atoms with Gasteiger partial charge in [0, 0.05) is 26.3 Å². The number of morpholine rings is 1. The summed E-state index contributed by atoms with van der Waals surface area (Å²) >= 11 is 5.31. The third kappa shape index (κ3) is 7.73. The zero-order valence-corrected chi connectivity index (χ0v) is 13.3. The van der Waals surface area contributed by atoms with Crippen molar-refractivity contribution >= 4 is 30.7 Å². The maximum atomic E-state index is 5.80. The van der Waals surface area contributed by atoms with Crippen molar-refractivity contribution in [3.8, 4) is 0 Å². The van der Waals surface area contributed by atoms with E-state index in [1.807, 2.05) is 13.6 Å². The predicted octanol–water partition coefficient (Wildman–Crippen LogP) is 2.12. The fourth-order valence-corrected chi connectivity index (χ4v) is 3.78. The molecule has 4 nitrogen and oxygen atoms in total. The summed E-state index contributed by atoms with van der Waals surface area (Å²) in [5.41, 5.74) is 0. The zero-order chi connectivity index (χ0) is 12.0. The average Bonchev–Trinajstić information content (AvgIpc) is 2.17.